The van der Waals surface area contributed by atoms with Gasteiger partial charge in [0.25, 0.3) is 0 Å². The maximum atomic E-state index is 9.80. The van der Waals surface area contributed by atoms with Gasteiger partial charge < -0.3 is 10.4 Å². The number of hydrogen-bond donors (Lipinski definition) is 2. The van der Waals surface area contributed by atoms with E-state index in [4.69, 9.17) is 0 Å². The summed E-state index contributed by atoms with van der Waals surface area (Å²) < 4.78 is 0. The van der Waals surface area contributed by atoms with E-state index < -0.39 is 0 Å². The van der Waals surface area contributed by atoms with Gasteiger partial charge in [-0.2, -0.15) is 0 Å². The molecule has 0 saturated carbocycles. The summed E-state index contributed by atoms with van der Waals surface area (Å²) in [6, 6.07) is 9.93. The van der Waals surface area contributed by atoms with E-state index in [1.165, 1.54) is 10.4 Å². The Morgan fingerprint density at radius 1 is 1.29 bits per heavy atom. The Balaban J connectivity index is 2.22. The van der Waals surface area contributed by atoms with E-state index in [0.29, 0.717) is 5.75 Å². The van der Waals surface area contributed by atoms with E-state index in [-0.39, 0.29) is 6.04 Å². The van der Waals surface area contributed by atoms with Crippen molar-refractivity contribution in [3.8, 4) is 5.75 Å². The van der Waals surface area contributed by atoms with Crippen LogP contribution in [0.4, 0.5) is 0 Å². The Hall–Kier alpha value is -1.32. The lowest BCUT2D eigenvalue weighted by atomic mass is 10.0. The highest BCUT2D eigenvalue weighted by Crippen LogP contribution is 2.29. The fraction of sp³-hybridized carbons (Fsp3) is 0.286. The second-order valence-corrected chi connectivity index (χ2v) is 5.09. The molecule has 1 heterocycles. The van der Waals surface area contributed by atoms with Crippen LogP contribution in [0.1, 0.15) is 22.0 Å². The Labute approximate surface area is 106 Å². The lowest BCUT2D eigenvalue weighted by molar-refractivity contribution is 0.462. The molecule has 0 aliphatic rings. The summed E-state index contributed by atoms with van der Waals surface area (Å²) in [7, 11) is 1.96. The van der Waals surface area contributed by atoms with E-state index in [0.717, 1.165) is 12.0 Å². The zero-order valence-corrected chi connectivity index (χ0v) is 10.9. The standard InChI is InChI=1S/C14H17NOS/c1-10-7-8-17-14(10)12(15-2)9-11-5-3-4-6-13(11)16/h3-8,12,15-16H,9H2,1-2H3. The summed E-state index contributed by atoms with van der Waals surface area (Å²) in [5, 5.41) is 15.2. The third-order valence-corrected chi connectivity index (χ3v) is 4.11. The molecular formula is C14H17NOS. The summed E-state index contributed by atoms with van der Waals surface area (Å²) in [4.78, 5) is 1.34. The highest BCUT2D eigenvalue weighted by atomic mass is 32.1. The van der Waals surface area contributed by atoms with E-state index >= 15 is 0 Å². The molecule has 1 aromatic heterocycles. The Morgan fingerprint density at radius 2 is 2.06 bits per heavy atom. The average molecular weight is 247 g/mol. The number of phenols is 1. The van der Waals surface area contributed by atoms with Crippen molar-refractivity contribution >= 4 is 11.3 Å². The van der Waals surface area contributed by atoms with Crippen LogP contribution in [0.3, 0.4) is 0 Å². The molecule has 0 aliphatic carbocycles. The molecule has 1 atom stereocenters. The van der Waals surface area contributed by atoms with Gasteiger partial charge in [-0.1, -0.05) is 18.2 Å². The van der Waals surface area contributed by atoms with Gasteiger partial charge in [0.1, 0.15) is 5.75 Å². The maximum absolute atomic E-state index is 9.80. The third-order valence-electron chi connectivity index (χ3n) is 2.98. The van der Waals surface area contributed by atoms with E-state index in [9.17, 15) is 5.11 Å². The summed E-state index contributed by atoms with van der Waals surface area (Å²) in [6.07, 6.45) is 0.810. The van der Waals surface area contributed by atoms with Crippen molar-refractivity contribution in [3.63, 3.8) is 0 Å². The number of nitrogens with one attached hydrogen (secondary N) is 1. The van der Waals surface area contributed by atoms with Gasteiger partial charge in [-0.3, -0.25) is 0 Å². The molecule has 0 fully saturated rings. The monoisotopic (exact) mass is 247 g/mol. The van der Waals surface area contributed by atoms with Crippen LogP contribution < -0.4 is 5.32 Å². The van der Waals surface area contributed by atoms with Gasteiger partial charge in [0.2, 0.25) is 0 Å². The topological polar surface area (TPSA) is 32.3 Å². The van der Waals surface area contributed by atoms with Gasteiger partial charge in [0.05, 0.1) is 0 Å². The molecule has 0 radical (unpaired) electrons. The molecule has 3 heteroatoms. The van der Waals surface area contributed by atoms with E-state index in [2.05, 4.69) is 23.7 Å². The SMILES string of the molecule is CNC(Cc1ccccc1O)c1sccc1C. The van der Waals surface area contributed by atoms with Crippen molar-refractivity contribution in [2.24, 2.45) is 0 Å². The second-order valence-electron chi connectivity index (χ2n) is 4.14. The zero-order chi connectivity index (χ0) is 12.3. The lowest BCUT2D eigenvalue weighted by Crippen LogP contribution is -2.18. The van der Waals surface area contributed by atoms with Crippen LogP contribution in [-0.4, -0.2) is 12.2 Å². The smallest absolute Gasteiger partial charge is 0.118 e. The van der Waals surface area contributed by atoms with Crippen molar-refractivity contribution in [2.45, 2.75) is 19.4 Å². The number of benzene rings is 1. The summed E-state index contributed by atoms with van der Waals surface area (Å²) in [5.41, 5.74) is 2.30. The van der Waals surface area contributed by atoms with Crippen LogP contribution in [0.25, 0.3) is 0 Å². The normalized spacial score (nSPS) is 12.6. The molecule has 2 N–H and O–H groups in total. The van der Waals surface area contributed by atoms with Crippen LogP contribution in [-0.2, 0) is 6.42 Å². The third kappa shape index (κ3) is 2.68. The summed E-state index contributed by atoms with van der Waals surface area (Å²) in [5.74, 6) is 0.377. The predicted octanol–water partition coefficient (Wildman–Crippen LogP) is 3.27. The number of aryl methyl sites for hydroxylation is 1. The number of thiophene rings is 1. The molecule has 1 unspecified atom stereocenters. The van der Waals surface area contributed by atoms with E-state index in [1.807, 2.05) is 25.2 Å². The highest BCUT2D eigenvalue weighted by Gasteiger charge is 2.15. The molecule has 2 rings (SSSR count). The van der Waals surface area contributed by atoms with Crippen LogP contribution in [0, 0.1) is 6.92 Å². The molecule has 17 heavy (non-hydrogen) atoms. The number of phenolic OH excluding ortho intramolecular Hbond substituents is 1. The highest BCUT2D eigenvalue weighted by molar-refractivity contribution is 7.10. The number of rotatable bonds is 4. The second kappa shape index (κ2) is 5.34. The van der Waals surface area contributed by atoms with Crippen LogP contribution in [0.15, 0.2) is 35.7 Å². The number of para-hydroxylation sites is 1. The van der Waals surface area contributed by atoms with Crippen molar-refractivity contribution < 1.29 is 5.11 Å². The molecule has 0 bridgehead atoms. The molecule has 0 aliphatic heterocycles. The van der Waals surface area contributed by atoms with Gasteiger partial charge in [-0.15, -0.1) is 11.3 Å². The molecule has 90 valence electrons. The van der Waals surface area contributed by atoms with E-state index in [1.54, 1.807) is 17.4 Å². The van der Waals surface area contributed by atoms with Gasteiger partial charge in [0, 0.05) is 10.9 Å². The van der Waals surface area contributed by atoms with Gasteiger partial charge in [-0.25, -0.2) is 0 Å². The van der Waals surface area contributed by atoms with Crippen molar-refractivity contribution in [1.82, 2.24) is 5.32 Å². The minimum Gasteiger partial charge on any atom is -0.508 e. The van der Waals surface area contributed by atoms with Crippen LogP contribution >= 0.6 is 11.3 Å². The number of hydrogen-bond acceptors (Lipinski definition) is 3. The maximum Gasteiger partial charge on any atom is 0.118 e. The molecular weight excluding hydrogens is 230 g/mol. The average Bonchev–Trinajstić information content (AvgIpc) is 2.75. The van der Waals surface area contributed by atoms with Crippen molar-refractivity contribution in [2.75, 3.05) is 7.05 Å². The molecule has 0 saturated heterocycles. The predicted molar refractivity (Wildman–Crippen MR) is 72.7 cm³/mol. The number of likely N-dealkylation sites (N-methyl/N-ethyl adjacent to an activating group) is 1. The van der Waals surface area contributed by atoms with Gasteiger partial charge in [-0.05, 0) is 49.0 Å². The molecule has 2 nitrogen and oxygen atoms in total. The largest absolute Gasteiger partial charge is 0.508 e. The first kappa shape index (κ1) is 12.1. The van der Waals surface area contributed by atoms with Crippen molar-refractivity contribution in [1.29, 1.82) is 0 Å². The van der Waals surface area contributed by atoms with Gasteiger partial charge in [0.15, 0.2) is 0 Å². The first-order chi connectivity index (χ1) is 8.22. The van der Waals surface area contributed by atoms with Crippen LogP contribution in [0.2, 0.25) is 0 Å². The minimum atomic E-state index is 0.267. The van der Waals surface area contributed by atoms with Crippen molar-refractivity contribution in [3.05, 3.63) is 51.7 Å². The zero-order valence-electron chi connectivity index (χ0n) is 10.1. The van der Waals surface area contributed by atoms with Crippen LogP contribution in [0.5, 0.6) is 5.75 Å². The fourth-order valence-corrected chi connectivity index (χ4v) is 3.01. The summed E-state index contributed by atoms with van der Waals surface area (Å²) in [6.45, 7) is 2.13. The first-order valence-electron chi connectivity index (χ1n) is 5.70. The molecule has 0 spiro atoms. The Bertz CT molecular complexity index is 492. The molecule has 1 aromatic carbocycles. The fourth-order valence-electron chi connectivity index (χ4n) is 1.97. The quantitative estimate of drug-likeness (QED) is 0.869. The lowest BCUT2D eigenvalue weighted by Gasteiger charge is -2.16. The first-order valence-corrected chi connectivity index (χ1v) is 6.58. The Morgan fingerprint density at radius 3 is 2.65 bits per heavy atom. The Kier molecular flexibility index (Phi) is 3.82. The minimum absolute atomic E-state index is 0.267. The molecule has 0 amide bonds. The summed E-state index contributed by atoms with van der Waals surface area (Å²) >= 11 is 1.76. The molecule has 2 aromatic rings. The van der Waals surface area contributed by atoms with Gasteiger partial charge >= 0.3 is 0 Å². The number of aromatic hydroxyl groups is 1.